The number of aryl methyl sites for hydroxylation is 3. The van der Waals surface area contributed by atoms with Crippen LogP contribution in [0.3, 0.4) is 0 Å². The van der Waals surface area contributed by atoms with Gasteiger partial charge in [0.25, 0.3) is 11.5 Å². The molecule has 9 nitrogen and oxygen atoms in total. The molecule has 0 fully saturated rings. The molecule has 1 N–H and O–H groups in total. The van der Waals surface area contributed by atoms with Crippen LogP contribution in [0.1, 0.15) is 27.3 Å². The third-order valence-corrected chi connectivity index (χ3v) is 6.44. The second-order valence-electron chi connectivity index (χ2n) is 8.71. The van der Waals surface area contributed by atoms with E-state index in [1.165, 1.54) is 10.7 Å². The number of fused-ring (bicyclic) bond motifs is 10. The Kier molecular flexibility index (Phi) is 4.84. The van der Waals surface area contributed by atoms with Crippen molar-refractivity contribution in [2.24, 2.45) is 0 Å². The summed E-state index contributed by atoms with van der Waals surface area (Å²) in [4.78, 5) is 30.5. The summed E-state index contributed by atoms with van der Waals surface area (Å²) in [6.07, 6.45) is 0. The molecular weight excluding hydrogens is 442 g/mol. The summed E-state index contributed by atoms with van der Waals surface area (Å²) in [5.74, 6) is 0.219. The van der Waals surface area contributed by atoms with Gasteiger partial charge in [0.2, 0.25) is 5.95 Å². The Labute approximate surface area is 200 Å². The number of amides is 1. The molecule has 5 aromatic rings. The van der Waals surface area contributed by atoms with E-state index in [1.807, 2.05) is 59.5 Å². The molecule has 1 aliphatic heterocycles. The summed E-state index contributed by atoms with van der Waals surface area (Å²) in [7, 11) is 0. The molecule has 9 heteroatoms. The Hall–Kier alpha value is -4.53. The minimum atomic E-state index is -0.266. The summed E-state index contributed by atoms with van der Waals surface area (Å²) in [5, 5.41) is 12.4. The molecule has 0 atom stereocenters. The number of carbonyl (C=O) groups is 1. The van der Waals surface area contributed by atoms with Gasteiger partial charge >= 0.3 is 0 Å². The Balaban J connectivity index is 1.55. The molecule has 0 aliphatic carbocycles. The highest BCUT2D eigenvalue weighted by molar-refractivity contribution is 6.04. The molecular formula is C26H23N7O2. The molecule has 6 rings (SSSR count). The summed E-state index contributed by atoms with van der Waals surface area (Å²) in [6, 6.07) is 18.3. The second kappa shape index (κ2) is 8.05. The molecule has 4 heterocycles. The summed E-state index contributed by atoms with van der Waals surface area (Å²) in [5.41, 5.74) is 6.24. The van der Waals surface area contributed by atoms with E-state index < -0.39 is 0 Å². The van der Waals surface area contributed by atoms with Crippen LogP contribution in [0.5, 0.6) is 0 Å². The van der Waals surface area contributed by atoms with Crippen molar-refractivity contribution in [3.05, 3.63) is 93.5 Å². The van der Waals surface area contributed by atoms with Crippen molar-refractivity contribution in [3.8, 4) is 11.3 Å². The average molecular weight is 466 g/mol. The van der Waals surface area contributed by atoms with Gasteiger partial charge in [-0.1, -0.05) is 24.3 Å². The number of para-hydroxylation sites is 2. The van der Waals surface area contributed by atoms with Crippen molar-refractivity contribution in [1.29, 1.82) is 0 Å². The molecule has 0 saturated carbocycles. The molecule has 0 unspecified atom stereocenters. The first-order valence-corrected chi connectivity index (χ1v) is 11.5. The maximum absolute atomic E-state index is 13.2. The summed E-state index contributed by atoms with van der Waals surface area (Å²) >= 11 is 0. The van der Waals surface area contributed by atoms with Crippen LogP contribution in [0, 0.1) is 13.8 Å². The zero-order valence-electron chi connectivity index (χ0n) is 19.4. The van der Waals surface area contributed by atoms with Gasteiger partial charge in [-0.15, -0.1) is 0 Å². The van der Waals surface area contributed by atoms with Gasteiger partial charge in [0.1, 0.15) is 0 Å². The van der Waals surface area contributed by atoms with Crippen molar-refractivity contribution in [2.75, 3.05) is 5.32 Å². The lowest BCUT2D eigenvalue weighted by Gasteiger charge is -2.13. The van der Waals surface area contributed by atoms with E-state index in [-0.39, 0.29) is 18.0 Å². The van der Waals surface area contributed by atoms with Gasteiger partial charge in [0, 0.05) is 29.4 Å². The lowest BCUT2D eigenvalue weighted by molar-refractivity contribution is 0.102. The van der Waals surface area contributed by atoms with Crippen molar-refractivity contribution in [3.63, 3.8) is 0 Å². The van der Waals surface area contributed by atoms with Crippen molar-refractivity contribution < 1.29 is 4.79 Å². The predicted molar refractivity (Wildman–Crippen MR) is 132 cm³/mol. The Morgan fingerprint density at radius 2 is 1.74 bits per heavy atom. The van der Waals surface area contributed by atoms with Gasteiger partial charge in [-0.05, 0) is 49.7 Å². The van der Waals surface area contributed by atoms with Crippen LogP contribution in [0.15, 0.2) is 65.5 Å². The zero-order valence-corrected chi connectivity index (χ0v) is 19.4. The lowest BCUT2D eigenvalue weighted by atomic mass is 10.1. The summed E-state index contributed by atoms with van der Waals surface area (Å²) in [6.45, 7) is 5.34. The van der Waals surface area contributed by atoms with E-state index >= 15 is 0 Å². The Bertz CT molecular complexity index is 1680. The fraction of sp³-hybridized carbons (Fsp3) is 0.192. The molecule has 3 aromatic heterocycles. The number of hydrogen-bond donors (Lipinski definition) is 1. The first-order valence-electron chi connectivity index (χ1n) is 11.5. The van der Waals surface area contributed by atoms with Gasteiger partial charge in [-0.2, -0.15) is 10.2 Å². The highest BCUT2D eigenvalue weighted by Gasteiger charge is 2.19. The smallest absolute Gasteiger partial charge is 0.267 e. The van der Waals surface area contributed by atoms with Crippen molar-refractivity contribution in [2.45, 2.75) is 33.5 Å². The predicted octanol–water partition coefficient (Wildman–Crippen LogP) is 3.39. The molecule has 6 bridgehead atoms. The highest BCUT2D eigenvalue weighted by atomic mass is 16.2. The van der Waals surface area contributed by atoms with Crippen LogP contribution in [0.25, 0.3) is 22.3 Å². The van der Waals surface area contributed by atoms with Crippen LogP contribution >= 0.6 is 0 Å². The minimum absolute atomic E-state index is 0.207. The molecule has 174 valence electrons. The number of benzene rings is 2. The molecule has 35 heavy (non-hydrogen) atoms. The third-order valence-electron chi connectivity index (χ3n) is 6.44. The molecule has 1 amide bonds. The maximum Gasteiger partial charge on any atom is 0.267 e. The quantitative estimate of drug-likeness (QED) is 0.378. The number of imidazole rings is 1. The lowest BCUT2D eigenvalue weighted by Crippen LogP contribution is -2.23. The van der Waals surface area contributed by atoms with Gasteiger partial charge in [-0.25, -0.2) is 9.67 Å². The Morgan fingerprint density at radius 1 is 0.886 bits per heavy atom. The largest absolute Gasteiger partial charge is 0.308 e. The number of carbonyl (C=O) groups excluding carboxylic acids is 1. The van der Waals surface area contributed by atoms with Gasteiger partial charge in [-0.3, -0.25) is 19.6 Å². The normalized spacial score (nSPS) is 13.5. The number of rotatable bonds is 0. The first-order chi connectivity index (χ1) is 17.0. The molecule has 0 radical (unpaired) electrons. The molecule has 0 spiro atoms. The second-order valence-corrected chi connectivity index (χ2v) is 8.71. The van der Waals surface area contributed by atoms with E-state index in [0.29, 0.717) is 30.3 Å². The third kappa shape index (κ3) is 3.61. The monoisotopic (exact) mass is 465 g/mol. The van der Waals surface area contributed by atoms with E-state index in [9.17, 15) is 9.59 Å². The number of aromatic nitrogens is 6. The van der Waals surface area contributed by atoms with Crippen molar-refractivity contribution >= 4 is 22.9 Å². The van der Waals surface area contributed by atoms with Gasteiger partial charge in [0.15, 0.2) is 0 Å². The molecule has 0 saturated heterocycles. The van der Waals surface area contributed by atoms with E-state index in [0.717, 1.165) is 33.5 Å². The van der Waals surface area contributed by atoms with Crippen LogP contribution in [-0.2, 0) is 19.6 Å². The van der Waals surface area contributed by atoms with Gasteiger partial charge < -0.3 is 4.57 Å². The summed E-state index contributed by atoms with van der Waals surface area (Å²) < 4.78 is 5.38. The SMILES string of the molecule is Cc1nn2c(C)c1-c1ccc(=O)n(n1)Cc1cccc(c1)C(=O)Nc1nc3ccccc3n1CC2. The average Bonchev–Trinajstić information content (AvgIpc) is 3.34. The van der Waals surface area contributed by atoms with Crippen LogP contribution < -0.4 is 10.9 Å². The standard InChI is InChI=1S/C26H23N7O2/c1-16-24-17(2)32(29-16)13-12-31-22-9-4-3-8-20(22)27-26(31)28-25(35)19-7-5-6-18(14-19)15-33-23(34)11-10-21(24)30-33/h3-11,14H,12-13,15H2,1-2H3,(H,27,28,35). The number of nitrogens with one attached hydrogen (secondary N) is 1. The number of nitrogens with zero attached hydrogens (tertiary/aromatic N) is 6. The molecule has 2 aromatic carbocycles. The molecule has 1 aliphatic rings. The fourth-order valence-electron chi connectivity index (χ4n) is 4.73. The van der Waals surface area contributed by atoms with Crippen LogP contribution in [0.2, 0.25) is 0 Å². The first kappa shape index (κ1) is 21.0. The van der Waals surface area contributed by atoms with E-state index in [4.69, 9.17) is 5.10 Å². The van der Waals surface area contributed by atoms with Crippen LogP contribution in [0.4, 0.5) is 5.95 Å². The maximum atomic E-state index is 13.2. The van der Waals surface area contributed by atoms with Crippen LogP contribution in [-0.4, -0.2) is 35.0 Å². The topological polar surface area (TPSA) is 99.6 Å². The number of hydrogen-bond acceptors (Lipinski definition) is 5. The number of anilines is 1. The van der Waals surface area contributed by atoms with Crippen molar-refractivity contribution in [1.82, 2.24) is 29.1 Å². The highest BCUT2D eigenvalue weighted by Crippen LogP contribution is 2.26. The minimum Gasteiger partial charge on any atom is -0.308 e. The fourth-order valence-corrected chi connectivity index (χ4v) is 4.73. The van der Waals surface area contributed by atoms with Gasteiger partial charge in [0.05, 0.1) is 35.5 Å². The Morgan fingerprint density at radius 3 is 2.63 bits per heavy atom. The van der Waals surface area contributed by atoms with E-state index in [1.54, 1.807) is 18.2 Å². The zero-order chi connectivity index (χ0) is 24.1. The van der Waals surface area contributed by atoms with E-state index in [2.05, 4.69) is 15.4 Å².